The molecule has 8 heteroatoms. The fourth-order valence-corrected chi connectivity index (χ4v) is 2.51. The third-order valence-corrected chi connectivity index (χ3v) is 3.71. The van der Waals surface area contributed by atoms with Gasteiger partial charge in [0, 0.05) is 32.7 Å². The number of hydrogen-bond donors (Lipinski definition) is 1. The minimum absolute atomic E-state index is 0.0260. The van der Waals surface area contributed by atoms with Crippen molar-refractivity contribution in [3.8, 4) is 0 Å². The Kier molecular flexibility index (Phi) is 4.39. The van der Waals surface area contributed by atoms with Gasteiger partial charge in [0.05, 0.1) is 18.3 Å². The average Bonchev–Trinajstić information content (AvgIpc) is 3.01. The number of methoxy groups -OCH3 is 1. The van der Waals surface area contributed by atoms with Gasteiger partial charge in [-0.05, 0) is 18.2 Å². The van der Waals surface area contributed by atoms with Crippen molar-refractivity contribution >= 4 is 11.6 Å². The Hall–Kier alpha value is -3.00. The first kappa shape index (κ1) is 15.9. The lowest BCUT2D eigenvalue weighted by molar-refractivity contribution is 0.0890. The summed E-state index contributed by atoms with van der Waals surface area (Å²) in [7, 11) is 3.32. The van der Waals surface area contributed by atoms with Crippen LogP contribution in [0.1, 0.15) is 22.1 Å². The number of fused-ring (bicyclic) bond motifs is 1. The summed E-state index contributed by atoms with van der Waals surface area (Å²) in [6.07, 6.45) is 4.51. The predicted octanol–water partition coefficient (Wildman–Crippen LogP) is 0.545. The molecule has 0 aliphatic carbocycles. The fraction of sp³-hybridized carbons (Fsp3) is 0.250. The zero-order valence-corrected chi connectivity index (χ0v) is 13.3. The van der Waals surface area contributed by atoms with Crippen LogP contribution in [0.25, 0.3) is 5.65 Å². The van der Waals surface area contributed by atoms with Crippen LogP contribution >= 0.6 is 0 Å². The van der Waals surface area contributed by atoms with Gasteiger partial charge in [-0.15, -0.1) is 0 Å². The average molecular weight is 327 g/mol. The van der Waals surface area contributed by atoms with Gasteiger partial charge < -0.3 is 10.1 Å². The van der Waals surface area contributed by atoms with Crippen molar-refractivity contribution in [1.29, 1.82) is 0 Å². The monoisotopic (exact) mass is 327 g/mol. The molecular formula is C16H17N5O3. The molecule has 0 aliphatic rings. The molecule has 3 aromatic rings. The summed E-state index contributed by atoms with van der Waals surface area (Å²) >= 11 is 0. The first-order valence-electron chi connectivity index (χ1n) is 7.36. The molecule has 3 aromatic heterocycles. The van der Waals surface area contributed by atoms with Crippen molar-refractivity contribution in [2.24, 2.45) is 7.05 Å². The summed E-state index contributed by atoms with van der Waals surface area (Å²) in [6, 6.07) is 6.55. The number of carbonyl (C=O) groups is 1. The maximum Gasteiger partial charge on any atom is 0.270 e. The molecule has 3 heterocycles. The van der Waals surface area contributed by atoms with E-state index in [2.05, 4.69) is 15.4 Å². The number of amides is 1. The Labute approximate surface area is 137 Å². The van der Waals surface area contributed by atoms with Gasteiger partial charge in [-0.2, -0.15) is 5.10 Å². The zero-order valence-electron chi connectivity index (χ0n) is 13.3. The van der Waals surface area contributed by atoms with Gasteiger partial charge in [-0.3, -0.25) is 18.7 Å². The van der Waals surface area contributed by atoms with Crippen LogP contribution in [0.2, 0.25) is 0 Å². The van der Waals surface area contributed by atoms with E-state index in [9.17, 15) is 9.59 Å². The van der Waals surface area contributed by atoms with E-state index in [0.717, 1.165) is 5.69 Å². The van der Waals surface area contributed by atoms with Crippen molar-refractivity contribution in [3.63, 3.8) is 0 Å². The van der Waals surface area contributed by atoms with Gasteiger partial charge in [-0.1, -0.05) is 6.07 Å². The highest BCUT2D eigenvalue weighted by Gasteiger charge is 2.21. The quantitative estimate of drug-likeness (QED) is 0.739. The normalized spacial score (nSPS) is 12.2. The zero-order chi connectivity index (χ0) is 17.1. The van der Waals surface area contributed by atoms with Gasteiger partial charge in [0.2, 0.25) is 0 Å². The van der Waals surface area contributed by atoms with E-state index in [1.807, 2.05) is 0 Å². The molecule has 1 unspecified atom stereocenters. The number of carbonyl (C=O) groups excluding carboxylic acids is 1. The fourth-order valence-electron chi connectivity index (χ4n) is 2.51. The van der Waals surface area contributed by atoms with Crippen LogP contribution in [0, 0.1) is 0 Å². The number of aryl methyl sites for hydroxylation is 1. The third kappa shape index (κ3) is 2.91. The SMILES string of the molecule is COCC(NC(=O)c1cnc2ccccn2c1=O)c1ccnn1C. The molecule has 0 spiro atoms. The standard InChI is InChI=1S/C16H17N5O3/c1-20-13(6-7-18-20)12(10-24-2)19-15(22)11-9-17-14-5-3-4-8-21(14)16(11)23/h3-9,12H,10H2,1-2H3,(H,19,22). The molecule has 1 N–H and O–H groups in total. The van der Waals surface area contributed by atoms with Gasteiger partial charge in [0.25, 0.3) is 11.5 Å². The van der Waals surface area contributed by atoms with Crippen molar-refractivity contribution in [2.45, 2.75) is 6.04 Å². The van der Waals surface area contributed by atoms with E-state index in [1.54, 1.807) is 55.5 Å². The Morgan fingerprint density at radius 1 is 1.38 bits per heavy atom. The van der Waals surface area contributed by atoms with Crippen LogP contribution in [-0.4, -0.2) is 38.8 Å². The van der Waals surface area contributed by atoms with Crippen molar-refractivity contribution in [1.82, 2.24) is 24.5 Å². The summed E-state index contributed by atoms with van der Waals surface area (Å²) in [4.78, 5) is 29.2. The van der Waals surface area contributed by atoms with E-state index in [1.165, 1.54) is 10.6 Å². The molecule has 0 fully saturated rings. The van der Waals surface area contributed by atoms with Crippen LogP contribution in [0.3, 0.4) is 0 Å². The topological polar surface area (TPSA) is 90.5 Å². The van der Waals surface area contributed by atoms with Gasteiger partial charge in [0.1, 0.15) is 11.2 Å². The minimum Gasteiger partial charge on any atom is -0.382 e. The molecule has 8 nitrogen and oxygen atoms in total. The number of aromatic nitrogens is 4. The molecular weight excluding hydrogens is 310 g/mol. The highest BCUT2D eigenvalue weighted by Crippen LogP contribution is 2.12. The summed E-state index contributed by atoms with van der Waals surface area (Å²) in [6.45, 7) is 0.258. The largest absolute Gasteiger partial charge is 0.382 e. The highest BCUT2D eigenvalue weighted by molar-refractivity contribution is 5.94. The maximum atomic E-state index is 12.6. The number of nitrogens with zero attached hydrogens (tertiary/aromatic N) is 4. The lowest BCUT2D eigenvalue weighted by atomic mass is 10.2. The first-order chi connectivity index (χ1) is 11.6. The summed E-state index contributed by atoms with van der Waals surface area (Å²) in [5.74, 6) is -0.506. The lowest BCUT2D eigenvalue weighted by Crippen LogP contribution is -2.36. The molecule has 0 saturated heterocycles. The number of rotatable bonds is 5. The smallest absolute Gasteiger partial charge is 0.270 e. The Bertz CT molecular complexity index is 931. The van der Waals surface area contributed by atoms with Crippen LogP contribution in [0.15, 0.2) is 47.7 Å². The Morgan fingerprint density at radius 2 is 2.21 bits per heavy atom. The Balaban J connectivity index is 1.92. The molecule has 0 aliphatic heterocycles. The summed E-state index contributed by atoms with van der Waals surface area (Å²) in [5.41, 5.74) is 0.819. The van der Waals surface area contributed by atoms with Crippen LogP contribution < -0.4 is 10.9 Å². The molecule has 0 radical (unpaired) electrons. The predicted molar refractivity (Wildman–Crippen MR) is 86.8 cm³/mol. The molecule has 0 bridgehead atoms. The number of pyridine rings is 1. The molecule has 24 heavy (non-hydrogen) atoms. The van der Waals surface area contributed by atoms with Crippen LogP contribution in [0.5, 0.6) is 0 Å². The van der Waals surface area contributed by atoms with Crippen LogP contribution in [-0.2, 0) is 11.8 Å². The van der Waals surface area contributed by atoms with E-state index >= 15 is 0 Å². The molecule has 0 saturated carbocycles. The van der Waals surface area contributed by atoms with E-state index < -0.39 is 17.5 Å². The first-order valence-corrected chi connectivity index (χ1v) is 7.36. The third-order valence-electron chi connectivity index (χ3n) is 3.71. The van der Waals surface area contributed by atoms with Gasteiger partial charge >= 0.3 is 0 Å². The minimum atomic E-state index is -0.506. The molecule has 0 aromatic carbocycles. The molecule has 1 atom stereocenters. The second-order valence-electron chi connectivity index (χ2n) is 5.27. The Morgan fingerprint density at radius 3 is 2.92 bits per heavy atom. The maximum absolute atomic E-state index is 12.6. The molecule has 1 amide bonds. The molecule has 3 rings (SSSR count). The van der Waals surface area contributed by atoms with Crippen molar-refractivity contribution < 1.29 is 9.53 Å². The number of nitrogens with one attached hydrogen (secondary N) is 1. The van der Waals surface area contributed by atoms with E-state index in [4.69, 9.17) is 4.74 Å². The van der Waals surface area contributed by atoms with Gasteiger partial charge in [-0.25, -0.2) is 4.98 Å². The highest BCUT2D eigenvalue weighted by atomic mass is 16.5. The second-order valence-corrected chi connectivity index (χ2v) is 5.27. The van der Waals surface area contributed by atoms with Crippen molar-refractivity contribution in [3.05, 3.63) is 64.5 Å². The lowest BCUT2D eigenvalue weighted by Gasteiger charge is -2.18. The number of hydrogen-bond acceptors (Lipinski definition) is 5. The number of ether oxygens (including phenoxy) is 1. The summed E-state index contributed by atoms with van der Waals surface area (Å²) in [5, 5.41) is 6.89. The van der Waals surface area contributed by atoms with Crippen molar-refractivity contribution in [2.75, 3.05) is 13.7 Å². The van der Waals surface area contributed by atoms with E-state index in [0.29, 0.717) is 5.65 Å². The van der Waals surface area contributed by atoms with E-state index in [-0.39, 0.29) is 12.2 Å². The summed E-state index contributed by atoms with van der Waals surface area (Å²) < 4.78 is 8.15. The second kappa shape index (κ2) is 6.63. The van der Waals surface area contributed by atoms with Crippen LogP contribution in [0.4, 0.5) is 0 Å². The van der Waals surface area contributed by atoms with Gasteiger partial charge in [0.15, 0.2) is 0 Å². The molecule has 124 valence electrons.